The molecule has 0 aromatic rings. The van der Waals surface area contributed by atoms with Gasteiger partial charge in [-0.15, -0.1) is 0 Å². The first-order valence-electron chi connectivity index (χ1n) is 4.74. The average molecular weight is 214 g/mol. The van der Waals surface area contributed by atoms with E-state index in [4.69, 9.17) is 10.8 Å². The van der Waals surface area contributed by atoms with Gasteiger partial charge in [0.25, 0.3) is 0 Å². The van der Waals surface area contributed by atoms with E-state index < -0.39 is 11.9 Å². The lowest BCUT2D eigenvalue weighted by Crippen LogP contribution is -2.38. The molecule has 3 N–H and O–H groups in total. The van der Waals surface area contributed by atoms with Crippen LogP contribution in [0.4, 0.5) is 0 Å². The van der Waals surface area contributed by atoms with Gasteiger partial charge in [-0.25, -0.2) is 4.79 Å². The van der Waals surface area contributed by atoms with Crippen molar-refractivity contribution >= 4 is 11.9 Å². The van der Waals surface area contributed by atoms with Crippen molar-refractivity contribution in [1.82, 2.24) is 4.90 Å². The second kappa shape index (κ2) is 6.19. The molecule has 0 spiro atoms. The molecule has 0 atom stereocenters. The summed E-state index contributed by atoms with van der Waals surface area (Å²) in [4.78, 5) is 23.0. The van der Waals surface area contributed by atoms with Crippen LogP contribution in [-0.4, -0.2) is 41.5 Å². The van der Waals surface area contributed by atoms with Gasteiger partial charge >= 0.3 is 5.97 Å². The molecule has 86 valence electrons. The summed E-state index contributed by atoms with van der Waals surface area (Å²) in [6.07, 6.45) is 0. The maximum absolute atomic E-state index is 10.7. The summed E-state index contributed by atoms with van der Waals surface area (Å²) >= 11 is 0. The van der Waals surface area contributed by atoms with Crippen LogP contribution in [0.1, 0.15) is 13.8 Å². The molecule has 0 aliphatic carbocycles. The van der Waals surface area contributed by atoms with Crippen molar-refractivity contribution in [2.75, 3.05) is 19.6 Å². The Hall–Kier alpha value is -1.36. The number of carbonyl (C=O) groups is 2. The van der Waals surface area contributed by atoms with E-state index in [0.717, 1.165) is 0 Å². The fraction of sp³-hybridized carbons (Fsp3) is 0.600. The highest BCUT2D eigenvalue weighted by Gasteiger charge is 2.14. The summed E-state index contributed by atoms with van der Waals surface area (Å²) in [5.74, 6) is -1.17. The zero-order valence-electron chi connectivity index (χ0n) is 9.19. The van der Waals surface area contributed by atoms with E-state index in [1.54, 1.807) is 4.90 Å². The molecule has 0 saturated heterocycles. The molecule has 0 aromatic heterocycles. The van der Waals surface area contributed by atoms with Gasteiger partial charge in [0, 0.05) is 18.7 Å². The summed E-state index contributed by atoms with van der Waals surface area (Å²) in [7, 11) is 0. The van der Waals surface area contributed by atoms with E-state index in [0.29, 0.717) is 12.5 Å². The Balaban J connectivity index is 4.29. The predicted molar refractivity (Wildman–Crippen MR) is 57.2 cm³/mol. The largest absolute Gasteiger partial charge is 0.478 e. The van der Waals surface area contributed by atoms with Crippen LogP contribution in [0.25, 0.3) is 0 Å². The van der Waals surface area contributed by atoms with Gasteiger partial charge in [-0.05, 0) is 5.92 Å². The topological polar surface area (TPSA) is 83.6 Å². The summed E-state index contributed by atoms with van der Waals surface area (Å²) in [6, 6.07) is 0. The Labute approximate surface area is 89.6 Å². The quantitative estimate of drug-likeness (QED) is 0.587. The molecule has 0 heterocycles. The van der Waals surface area contributed by atoms with Crippen molar-refractivity contribution in [3.8, 4) is 0 Å². The van der Waals surface area contributed by atoms with Crippen molar-refractivity contribution in [2.45, 2.75) is 13.8 Å². The zero-order chi connectivity index (χ0) is 12.0. The summed E-state index contributed by atoms with van der Waals surface area (Å²) in [6.45, 7) is 8.23. The molecular formula is C10H18N2O3. The average Bonchev–Trinajstić information content (AvgIpc) is 2.00. The first-order valence-corrected chi connectivity index (χ1v) is 4.74. The number of hydrogen-bond donors (Lipinski definition) is 2. The Morgan fingerprint density at radius 3 is 2.27 bits per heavy atom. The lowest BCUT2D eigenvalue weighted by molar-refractivity contribution is -0.133. The minimum Gasteiger partial charge on any atom is -0.478 e. The highest BCUT2D eigenvalue weighted by atomic mass is 16.4. The Bertz CT molecular complexity index is 261. The summed E-state index contributed by atoms with van der Waals surface area (Å²) in [5.41, 5.74) is 5.13. The van der Waals surface area contributed by atoms with Crippen molar-refractivity contribution in [3.63, 3.8) is 0 Å². The van der Waals surface area contributed by atoms with Crippen LogP contribution in [0.3, 0.4) is 0 Å². The molecule has 1 amide bonds. The van der Waals surface area contributed by atoms with Crippen LogP contribution in [-0.2, 0) is 9.59 Å². The Morgan fingerprint density at radius 2 is 1.93 bits per heavy atom. The van der Waals surface area contributed by atoms with Gasteiger partial charge in [-0.3, -0.25) is 9.69 Å². The van der Waals surface area contributed by atoms with E-state index in [2.05, 4.69) is 6.58 Å². The summed E-state index contributed by atoms with van der Waals surface area (Å²) < 4.78 is 0. The maximum atomic E-state index is 10.7. The molecule has 0 radical (unpaired) electrons. The molecule has 0 aromatic carbocycles. The van der Waals surface area contributed by atoms with E-state index >= 15 is 0 Å². The van der Waals surface area contributed by atoms with Crippen LogP contribution < -0.4 is 5.73 Å². The first kappa shape index (κ1) is 13.6. The second-order valence-corrected chi connectivity index (χ2v) is 3.94. The molecule has 0 fully saturated rings. The standard InChI is InChI=1S/C10H18N2O3/c1-7(2)4-12(6-9(11)13)5-8(3)10(14)15/h7H,3-6H2,1-2H3,(H2,11,13)(H,14,15). The number of carbonyl (C=O) groups excluding carboxylic acids is 1. The second-order valence-electron chi connectivity index (χ2n) is 3.94. The van der Waals surface area contributed by atoms with Crippen molar-refractivity contribution in [2.24, 2.45) is 11.7 Å². The highest BCUT2D eigenvalue weighted by molar-refractivity contribution is 5.86. The monoisotopic (exact) mass is 214 g/mol. The third-order valence-electron chi connectivity index (χ3n) is 1.72. The van der Waals surface area contributed by atoms with Gasteiger partial charge in [-0.1, -0.05) is 20.4 Å². The molecule has 5 nitrogen and oxygen atoms in total. The number of amides is 1. The lowest BCUT2D eigenvalue weighted by Gasteiger charge is -2.22. The van der Waals surface area contributed by atoms with E-state index in [-0.39, 0.29) is 18.7 Å². The molecule has 0 saturated carbocycles. The van der Waals surface area contributed by atoms with Gasteiger partial charge in [-0.2, -0.15) is 0 Å². The number of aliphatic carboxylic acids is 1. The maximum Gasteiger partial charge on any atom is 0.332 e. The van der Waals surface area contributed by atoms with Crippen LogP contribution in [0.2, 0.25) is 0 Å². The SMILES string of the molecule is C=C(CN(CC(N)=O)CC(C)C)C(=O)O. The summed E-state index contributed by atoms with van der Waals surface area (Å²) in [5, 5.41) is 8.66. The van der Waals surface area contributed by atoms with Crippen LogP contribution in [0, 0.1) is 5.92 Å². The molecule has 0 bridgehead atoms. The predicted octanol–water partition coefficient (Wildman–Crippen LogP) is 0.0705. The zero-order valence-corrected chi connectivity index (χ0v) is 9.19. The van der Waals surface area contributed by atoms with Crippen LogP contribution >= 0.6 is 0 Å². The fourth-order valence-electron chi connectivity index (χ4n) is 1.26. The van der Waals surface area contributed by atoms with Crippen LogP contribution in [0.15, 0.2) is 12.2 Å². The highest BCUT2D eigenvalue weighted by Crippen LogP contribution is 2.02. The lowest BCUT2D eigenvalue weighted by atomic mass is 10.2. The first-order chi connectivity index (χ1) is 6.82. The van der Waals surface area contributed by atoms with Gasteiger partial charge < -0.3 is 10.8 Å². The minimum absolute atomic E-state index is 0.0600. The van der Waals surface area contributed by atoms with Gasteiger partial charge in [0.15, 0.2) is 0 Å². The van der Waals surface area contributed by atoms with E-state index in [1.165, 1.54) is 0 Å². The van der Waals surface area contributed by atoms with E-state index in [1.807, 2.05) is 13.8 Å². The number of rotatable bonds is 7. The molecule has 5 heteroatoms. The van der Waals surface area contributed by atoms with Crippen molar-refractivity contribution < 1.29 is 14.7 Å². The van der Waals surface area contributed by atoms with Crippen molar-refractivity contribution in [3.05, 3.63) is 12.2 Å². The van der Waals surface area contributed by atoms with Gasteiger partial charge in [0.2, 0.25) is 5.91 Å². The third kappa shape index (κ3) is 6.68. The van der Waals surface area contributed by atoms with Crippen molar-refractivity contribution in [1.29, 1.82) is 0 Å². The fourth-order valence-corrected chi connectivity index (χ4v) is 1.26. The van der Waals surface area contributed by atoms with Crippen LogP contribution in [0.5, 0.6) is 0 Å². The molecule has 0 aliphatic rings. The smallest absolute Gasteiger partial charge is 0.332 e. The number of nitrogens with zero attached hydrogens (tertiary/aromatic N) is 1. The molecule has 15 heavy (non-hydrogen) atoms. The Morgan fingerprint density at radius 1 is 1.40 bits per heavy atom. The molecule has 0 rings (SSSR count). The van der Waals surface area contributed by atoms with E-state index in [9.17, 15) is 9.59 Å². The van der Waals surface area contributed by atoms with Gasteiger partial charge in [0.1, 0.15) is 0 Å². The minimum atomic E-state index is -1.05. The number of carboxylic acid groups (broad SMARTS) is 1. The number of carboxylic acids is 1. The normalized spacial score (nSPS) is 10.7. The molecular weight excluding hydrogens is 196 g/mol. The molecule has 0 unspecified atom stereocenters. The third-order valence-corrected chi connectivity index (χ3v) is 1.72. The Kier molecular flexibility index (Phi) is 5.62. The number of hydrogen-bond acceptors (Lipinski definition) is 3. The number of primary amides is 1. The molecule has 0 aliphatic heterocycles. The van der Waals surface area contributed by atoms with Gasteiger partial charge in [0.05, 0.1) is 6.54 Å². The number of nitrogens with two attached hydrogens (primary N) is 1.